The summed E-state index contributed by atoms with van der Waals surface area (Å²) in [7, 11) is 1.54. The molecule has 1 aromatic carbocycles. The number of aliphatic hydroxyl groups is 1. The van der Waals surface area contributed by atoms with E-state index in [1.807, 2.05) is 0 Å². The Kier molecular flexibility index (Phi) is 2.96. The Hall–Kier alpha value is -1.75. The molecule has 86 valence electrons. The number of ether oxygens (including phenoxy) is 2. The van der Waals surface area contributed by atoms with Gasteiger partial charge in [0.1, 0.15) is 11.5 Å². The Labute approximate surface area is 93.2 Å². The van der Waals surface area contributed by atoms with E-state index in [1.54, 1.807) is 25.3 Å². The third-order valence-corrected chi connectivity index (χ3v) is 2.45. The van der Waals surface area contributed by atoms with Crippen LogP contribution >= 0.6 is 0 Å². The van der Waals surface area contributed by atoms with Gasteiger partial charge in [0.25, 0.3) is 5.91 Å². The van der Waals surface area contributed by atoms with Gasteiger partial charge < -0.3 is 19.5 Å². The maximum Gasteiger partial charge on any atom is 0.260 e. The minimum atomic E-state index is -0.144. The van der Waals surface area contributed by atoms with Crippen molar-refractivity contribution in [2.45, 2.75) is 0 Å². The number of amides is 1. The molecule has 0 aromatic heterocycles. The van der Waals surface area contributed by atoms with E-state index in [9.17, 15) is 4.79 Å². The minimum Gasteiger partial charge on any atom is -0.497 e. The van der Waals surface area contributed by atoms with Gasteiger partial charge in [0.15, 0.2) is 6.73 Å². The van der Waals surface area contributed by atoms with Crippen molar-refractivity contribution in [1.82, 2.24) is 4.90 Å². The highest BCUT2D eigenvalue weighted by molar-refractivity contribution is 5.98. The molecule has 0 fully saturated rings. The average Bonchev–Trinajstić information content (AvgIpc) is 2.33. The Morgan fingerprint density at radius 3 is 3.06 bits per heavy atom. The van der Waals surface area contributed by atoms with Crippen LogP contribution in [0.1, 0.15) is 10.4 Å². The van der Waals surface area contributed by atoms with Gasteiger partial charge >= 0.3 is 0 Å². The Balaban J connectivity index is 2.31. The first kappa shape index (κ1) is 10.8. The number of benzene rings is 1. The van der Waals surface area contributed by atoms with E-state index >= 15 is 0 Å². The molecule has 1 amide bonds. The van der Waals surface area contributed by atoms with E-state index in [0.29, 0.717) is 17.1 Å². The van der Waals surface area contributed by atoms with Gasteiger partial charge in [-0.15, -0.1) is 0 Å². The van der Waals surface area contributed by atoms with Gasteiger partial charge in [-0.2, -0.15) is 0 Å². The Morgan fingerprint density at radius 2 is 2.38 bits per heavy atom. The van der Waals surface area contributed by atoms with Crippen LogP contribution in [0.2, 0.25) is 0 Å². The summed E-state index contributed by atoms with van der Waals surface area (Å²) in [6.45, 7) is 0.378. The van der Waals surface area contributed by atoms with Crippen LogP contribution in [-0.4, -0.2) is 42.9 Å². The first-order chi connectivity index (χ1) is 7.76. The smallest absolute Gasteiger partial charge is 0.260 e. The lowest BCUT2D eigenvalue weighted by atomic mass is 10.1. The number of fused-ring (bicyclic) bond motifs is 1. The fourth-order valence-electron chi connectivity index (χ4n) is 1.59. The van der Waals surface area contributed by atoms with Crippen LogP contribution in [0.4, 0.5) is 0 Å². The third kappa shape index (κ3) is 1.81. The molecule has 1 aliphatic rings. The van der Waals surface area contributed by atoms with E-state index in [4.69, 9.17) is 14.6 Å². The highest BCUT2D eigenvalue weighted by Gasteiger charge is 2.25. The van der Waals surface area contributed by atoms with Gasteiger partial charge in [0.05, 0.1) is 19.3 Å². The van der Waals surface area contributed by atoms with Crippen LogP contribution in [0.5, 0.6) is 11.5 Å². The fraction of sp³-hybridized carbons (Fsp3) is 0.364. The van der Waals surface area contributed by atoms with E-state index in [1.165, 1.54) is 4.90 Å². The van der Waals surface area contributed by atoms with Crippen molar-refractivity contribution < 1.29 is 19.4 Å². The molecule has 0 bridgehead atoms. The molecule has 0 atom stereocenters. The fourth-order valence-corrected chi connectivity index (χ4v) is 1.59. The molecule has 1 aromatic rings. The summed E-state index contributed by atoms with van der Waals surface area (Å²) in [6, 6.07) is 5.09. The van der Waals surface area contributed by atoms with Crippen LogP contribution in [-0.2, 0) is 0 Å². The first-order valence-corrected chi connectivity index (χ1v) is 4.97. The Morgan fingerprint density at radius 1 is 1.56 bits per heavy atom. The molecule has 1 aliphatic heterocycles. The highest BCUT2D eigenvalue weighted by atomic mass is 16.5. The molecule has 0 aliphatic carbocycles. The summed E-state index contributed by atoms with van der Waals surface area (Å²) in [5.41, 5.74) is 0.471. The number of rotatable bonds is 3. The molecular weight excluding hydrogens is 210 g/mol. The van der Waals surface area contributed by atoms with Crippen molar-refractivity contribution in [2.24, 2.45) is 0 Å². The van der Waals surface area contributed by atoms with Gasteiger partial charge in [0.2, 0.25) is 0 Å². The lowest BCUT2D eigenvalue weighted by molar-refractivity contribution is 0.0469. The van der Waals surface area contributed by atoms with Gasteiger partial charge in [-0.3, -0.25) is 4.79 Å². The number of hydrogen-bond donors (Lipinski definition) is 1. The molecule has 5 heteroatoms. The molecule has 1 N–H and O–H groups in total. The van der Waals surface area contributed by atoms with Gasteiger partial charge in [0, 0.05) is 6.54 Å². The second-order valence-electron chi connectivity index (χ2n) is 3.43. The van der Waals surface area contributed by atoms with Gasteiger partial charge in [-0.05, 0) is 18.2 Å². The van der Waals surface area contributed by atoms with Crippen LogP contribution in [0.3, 0.4) is 0 Å². The van der Waals surface area contributed by atoms with Gasteiger partial charge in [-0.1, -0.05) is 0 Å². The zero-order chi connectivity index (χ0) is 11.5. The number of hydrogen-bond acceptors (Lipinski definition) is 4. The molecular formula is C11H13NO4. The first-order valence-electron chi connectivity index (χ1n) is 4.97. The number of carbonyl (C=O) groups excluding carboxylic acids is 1. The topological polar surface area (TPSA) is 59.0 Å². The number of β-amino-alcohol motifs (C(OH)–C–C–N with tert-alkyl or cyclic N) is 1. The number of aliphatic hydroxyl groups excluding tert-OH is 1. The van der Waals surface area contributed by atoms with E-state index in [0.717, 1.165) is 0 Å². The van der Waals surface area contributed by atoms with Crippen molar-refractivity contribution in [2.75, 3.05) is 27.0 Å². The van der Waals surface area contributed by atoms with Crippen molar-refractivity contribution in [3.05, 3.63) is 23.8 Å². The second kappa shape index (κ2) is 4.40. The van der Waals surface area contributed by atoms with Crippen molar-refractivity contribution >= 4 is 5.91 Å². The molecule has 16 heavy (non-hydrogen) atoms. The zero-order valence-corrected chi connectivity index (χ0v) is 8.97. The molecule has 0 unspecified atom stereocenters. The molecule has 0 radical (unpaired) electrons. The van der Waals surface area contributed by atoms with Crippen LogP contribution in [0.15, 0.2) is 18.2 Å². The normalized spacial score (nSPS) is 14.4. The molecule has 0 spiro atoms. The lowest BCUT2D eigenvalue weighted by Gasteiger charge is -2.28. The zero-order valence-electron chi connectivity index (χ0n) is 8.97. The van der Waals surface area contributed by atoms with Crippen molar-refractivity contribution in [3.8, 4) is 11.5 Å². The predicted molar refractivity (Wildman–Crippen MR) is 56.6 cm³/mol. The summed E-state index contributed by atoms with van der Waals surface area (Å²) in [5.74, 6) is 1.02. The van der Waals surface area contributed by atoms with Crippen LogP contribution in [0.25, 0.3) is 0 Å². The summed E-state index contributed by atoms with van der Waals surface area (Å²) in [4.78, 5) is 13.4. The average molecular weight is 223 g/mol. The number of carbonyl (C=O) groups is 1. The summed E-state index contributed by atoms with van der Waals surface area (Å²) >= 11 is 0. The van der Waals surface area contributed by atoms with E-state index < -0.39 is 0 Å². The molecule has 0 saturated heterocycles. The largest absolute Gasteiger partial charge is 0.497 e. The van der Waals surface area contributed by atoms with Crippen LogP contribution < -0.4 is 9.47 Å². The second-order valence-corrected chi connectivity index (χ2v) is 3.43. The molecule has 5 nitrogen and oxygen atoms in total. The SMILES string of the molecule is COc1ccc2c(c1)C(=O)N(CCO)CO2. The quantitative estimate of drug-likeness (QED) is 0.809. The standard InChI is InChI=1S/C11H13NO4/c1-15-8-2-3-10-9(6-8)11(14)12(4-5-13)7-16-10/h2-3,6,13H,4-5,7H2,1H3. The predicted octanol–water partition coefficient (Wildman–Crippen LogP) is 0.480. The molecule has 1 heterocycles. The summed E-state index contributed by atoms with van der Waals surface area (Å²) in [6.07, 6.45) is 0. The maximum atomic E-state index is 12.0. The third-order valence-electron chi connectivity index (χ3n) is 2.45. The number of methoxy groups -OCH3 is 1. The van der Waals surface area contributed by atoms with Crippen LogP contribution in [0, 0.1) is 0 Å². The summed E-state index contributed by atoms with van der Waals surface area (Å²) < 4.78 is 10.4. The lowest BCUT2D eigenvalue weighted by Crippen LogP contribution is -2.40. The van der Waals surface area contributed by atoms with E-state index in [2.05, 4.69) is 0 Å². The maximum absolute atomic E-state index is 12.0. The molecule has 2 rings (SSSR count). The monoisotopic (exact) mass is 223 g/mol. The van der Waals surface area contributed by atoms with E-state index in [-0.39, 0.29) is 25.8 Å². The Bertz CT molecular complexity index is 405. The summed E-state index contributed by atoms with van der Waals surface area (Å²) in [5, 5.41) is 8.81. The van der Waals surface area contributed by atoms with Crippen molar-refractivity contribution in [1.29, 1.82) is 0 Å². The van der Waals surface area contributed by atoms with Crippen molar-refractivity contribution in [3.63, 3.8) is 0 Å². The molecule has 0 saturated carbocycles. The number of nitrogens with zero attached hydrogens (tertiary/aromatic N) is 1. The highest BCUT2D eigenvalue weighted by Crippen LogP contribution is 2.28. The minimum absolute atomic E-state index is 0.0750. The van der Waals surface area contributed by atoms with Gasteiger partial charge in [-0.25, -0.2) is 0 Å².